The Bertz CT molecular complexity index is 1600. The minimum Gasteiger partial charge on any atom is -0.490 e. The molecule has 3 rings (SSSR count). The number of ether oxygens (including phenoxy) is 6. The van der Waals surface area contributed by atoms with Crippen LogP contribution in [-0.2, 0) is 41.4 Å². The lowest BCUT2D eigenvalue weighted by Crippen LogP contribution is -2.28. The minimum atomic E-state index is -0.618. The van der Waals surface area contributed by atoms with Crippen LogP contribution in [-0.4, -0.2) is 63.8 Å². The highest BCUT2D eigenvalue weighted by Gasteiger charge is 2.21. The molecule has 0 spiro atoms. The first-order valence-corrected chi connectivity index (χ1v) is 17.7. The smallest absolute Gasteiger partial charge is 0.335 e. The van der Waals surface area contributed by atoms with E-state index in [1.54, 1.807) is 13.8 Å². The number of allylic oxidation sites excluding steroid dienone is 2. The van der Waals surface area contributed by atoms with Crippen LogP contribution in [0.25, 0.3) is 0 Å². The molecule has 2 atom stereocenters. The van der Waals surface area contributed by atoms with Crippen LogP contribution in [0, 0.1) is 23.7 Å². The van der Waals surface area contributed by atoms with Crippen LogP contribution in [0.4, 0.5) is 0 Å². The van der Waals surface area contributed by atoms with Crippen molar-refractivity contribution >= 4 is 11.9 Å². The quantitative estimate of drug-likeness (QED) is 0.0996. The first kappa shape index (κ1) is 41.1. The molecule has 0 aliphatic heterocycles. The molecule has 0 fully saturated rings. The summed E-state index contributed by atoms with van der Waals surface area (Å²) >= 11 is 0. The van der Waals surface area contributed by atoms with E-state index in [2.05, 4.69) is 23.7 Å². The maximum atomic E-state index is 12.1. The lowest BCUT2D eigenvalue weighted by atomic mass is 10.1. The van der Waals surface area contributed by atoms with Crippen LogP contribution in [0.3, 0.4) is 0 Å². The second kappa shape index (κ2) is 23.2. The van der Waals surface area contributed by atoms with E-state index in [1.165, 1.54) is 0 Å². The van der Waals surface area contributed by atoms with Crippen molar-refractivity contribution in [3.05, 3.63) is 118 Å². The molecular weight excluding hydrogens is 656 g/mol. The van der Waals surface area contributed by atoms with Gasteiger partial charge in [-0.2, -0.15) is 0 Å². The first-order chi connectivity index (χ1) is 25.2. The lowest BCUT2D eigenvalue weighted by molar-refractivity contribution is -0.157. The van der Waals surface area contributed by atoms with E-state index in [0.717, 1.165) is 44.9 Å². The molecule has 0 radical (unpaired) electrons. The third-order valence-electron chi connectivity index (χ3n) is 7.50. The van der Waals surface area contributed by atoms with E-state index in [9.17, 15) is 9.59 Å². The molecule has 0 aliphatic carbocycles. The van der Waals surface area contributed by atoms with Crippen molar-refractivity contribution in [1.82, 2.24) is 0 Å². The number of carbonyl (C=O) groups excluding carboxylic acids is 2. The minimum absolute atomic E-state index is 0.323. The van der Waals surface area contributed by atoms with Crippen LogP contribution in [0.15, 0.2) is 96.1 Å². The van der Waals surface area contributed by atoms with Crippen LogP contribution < -0.4 is 9.47 Å². The summed E-state index contributed by atoms with van der Waals surface area (Å²) in [5.74, 6) is 13.5. The Morgan fingerprint density at radius 1 is 0.558 bits per heavy atom. The number of benzene rings is 3. The Morgan fingerprint density at radius 3 is 1.25 bits per heavy atom. The maximum absolute atomic E-state index is 12.1. The van der Waals surface area contributed by atoms with Crippen molar-refractivity contribution in [3.63, 3.8) is 0 Å². The molecule has 0 saturated heterocycles. The molecule has 0 aromatic heterocycles. The largest absolute Gasteiger partial charge is 0.490 e. The van der Waals surface area contributed by atoms with E-state index in [1.807, 2.05) is 113 Å². The van der Waals surface area contributed by atoms with Crippen molar-refractivity contribution in [2.75, 3.05) is 39.6 Å². The van der Waals surface area contributed by atoms with Gasteiger partial charge in [0.2, 0.25) is 0 Å². The number of esters is 2. The van der Waals surface area contributed by atoms with Crippen molar-refractivity contribution in [2.45, 2.75) is 66.6 Å². The fourth-order valence-electron chi connectivity index (χ4n) is 4.77. The van der Waals surface area contributed by atoms with Crippen molar-refractivity contribution in [1.29, 1.82) is 0 Å². The standard InChI is InChI=1S/C44H50O8/c1-7-47-41(43(45)49-9-3)31-37-19-23-39(24-20-37)51-29-27-33(5)11-13-35-15-17-36(18-16-35)14-12-34(6)28-30-52-40-25-21-38(22-26-40)32-42(48-8-2)44(46)50-10-4/h15-28,41-42H,7-10,29-32H2,1-6H3/t41-,42-/m0/s1. The van der Waals surface area contributed by atoms with Gasteiger partial charge in [-0.15, -0.1) is 0 Å². The van der Waals surface area contributed by atoms with E-state index >= 15 is 0 Å². The molecule has 3 aromatic carbocycles. The van der Waals surface area contributed by atoms with E-state index in [4.69, 9.17) is 28.4 Å². The van der Waals surface area contributed by atoms with Gasteiger partial charge in [0.25, 0.3) is 0 Å². The molecule has 0 unspecified atom stereocenters. The van der Waals surface area contributed by atoms with Crippen molar-refractivity contribution in [3.8, 4) is 35.2 Å². The van der Waals surface area contributed by atoms with Gasteiger partial charge in [-0.05, 0) is 124 Å². The predicted molar refractivity (Wildman–Crippen MR) is 203 cm³/mol. The normalized spacial score (nSPS) is 12.3. The van der Waals surface area contributed by atoms with Crippen molar-refractivity contribution in [2.24, 2.45) is 0 Å². The lowest BCUT2D eigenvalue weighted by Gasteiger charge is -2.15. The summed E-state index contributed by atoms with van der Waals surface area (Å²) in [6, 6.07) is 23.0. The Morgan fingerprint density at radius 2 is 0.923 bits per heavy atom. The Labute approximate surface area is 309 Å². The summed E-state index contributed by atoms with van der Waals surface area (Å²) in [6.45, 7) is 13.5. The van der Waals surface area contributed by atoms with Crippen LogP contribution in [0.5, 0.6) is 11.5 Å². The zero-order valence-corrected chi connectivity index (χ0v) is 31.2. The van der Waals surface area contributed by atoms with E-state index in [-0.39, 0.29) is 11.9 Å². The average Bonchev–Trinajstić information content (AvgIpc) is 3.14. The molecule has 0 heterocycles. The summed E-state index contributed by atoms with van der Waals surface area (Å²) in [5.41, 5.74) is 5.52. The third-order valence-corrected chi connectivity index (χ3v) is 7.50. The molecule has 0 saturated carbocycles. The summed E-state index contributed by atoms with van der Waals surface area (Å²) in [5, 5.41) is 0. The Hall–Kier alpha value is -5.28. The highest BCUT2D eigenvalue weighted by Crippen LogP contribution is 2.17. The van der Waals surface area contributed by atoms with Gasteiger partial charge < -0.3 is 28.4 Å². The molecule has 8 nitrogen and oxygen atoms in total. The fraction of sp³-hybridized carbons (Fsp3) is 0.364. The molecule has 3 aromatic rings. The molecular formula is C44H50O8. The fourth-order valence-corrected chi connectivity index (χ4v) is 4.77. The van der Waals surface area contributed by atoms with Gasteiger partial charge in [-0.25, -0.2) is 9.59 Å². The predicted octanol–water partition coefficient (Wildman–Crippen LogP) is 7.46. The van der Waals surface area contributed by atoms with Gasteiger partial charge in [-0.3, -0.25) is 0 Å². The zero-order valence-electron chi connectivity index (χ0n) is 31.2. The second-order valence-corrected chi connectivity index (χ2v) is 11.6. The molecule has 274 valence electrons. The molecule has 52 heavy (non-hydrogen) atoms. The number of rotatable bonds is 18. The summed E-state index contributed by atoms with van der Waals surface area (Å²) in [7, 11) is 0. The van der Waals surface area contributed by atoms with Gasteiger partial charge in [0.15, 0.2) is 12.2 Å². The van der Waals surface area contributed by atoms with Crippen LogP contribution >= 0.6 is 0 Å². The van der Waals surface area contributed by atoms with Crippen LogP contribution in [0.2, 0.25) is 0 Å². The summed E-state index contributed by atoms with van der Waals surface area (Å²) in [4.78, 5) is 24.3. The van der Waals surface area contributed by atoms with Gasteiger partial charge >= 0.3 is 11.9 Å². The van der Waals surface area contributed by atoms with E-state index in [0.29, 0.717) is 52.5 Å². The second-order valence-electron chi connectivity index (χ2n) is 11.6. The first-order valence-electron chi connectivity index (χ1n) is 17.7. The van der Waals surface area contributed by atoms with Gasteiger partial charge in [0, 0.05) is 37.2 Å². The zero-order chi connectivity index (χ0) is 37.6. The van der Waals surface area contributed by atoms with Crippen molar-refractivity contribution < 1.29 is 38.0 Å². The summed E-state index contributed by atoms with van der Waals surface area (Å²) in [6.07, 6.45) is 3.53. The highest BCUT2D eigenvalue weighted by molar-refractivity contribution is 5.75. The molecule has 0 aliphatic rings. The monoisotopic (exact) mass is 706 g/mol. The third kappa shape index (κ3) is 15.3. The molecule has 0 N–H and O–H groups in total. The number of hydrogen-bond acceptors (Lipinski definition) is 8. The SMILES string of the molecule is CCOC(=O)[C@H](Cc1ccc(OCC=C(C)C#Cc2ccc(C#CC(C)=CCOc3ccc(C[C@H](OCC)C(=O)OCC)cc3)cc2)cc1)OCC. The van der Waals surface area contributed by atoms with Gasteiger partial charge in [-0.1, -0.05) is 47.9 Å². The summed E-state index contributed by atoms with van der Waals surface area (Å²) < 4.78 is 33.1. The number of hydrogen-bond donors (Lipinski definition) is 0. The van der Waals surface area contributed by atoms with Gasteiger partial charge in [0.1, 0.15) is 24.7 Å². The Kier molecular flexibility index (Phi) is 18.4. The van der Waals surface area contributed by atoms with Gasteiger partial charge in [0.05, 0.1) is 13.2 Å². The average molecular weight is 707 g/mol. The molecule has 0 amide bonds. The topological polar surface area (TPSA) is 89.5 Å². The highest BCUT2D eigenvalue weighted by atomic mass is 16.6. The Balaban J connectivity index is 1.44. The maximum Gasteiger partial charge on any atom is 0.335 e. The number of carbonyl (C=O) groups is 2. The van der Waals surface area contributed by atoms with Crippen LogP contribution in [0.1, 0.15) is 63.8 Å². The molecule has 0 bridgehead atoms. The molecule has 8 heteroatoms. The van der Waals surface area contributed by atoms with E-state index < -0.39 is 12.2 Å².